The largest absolute Gasteiger partial charge is 0.485 e. The van der Waals surface area contributed by atoms with Gasteiger partial charge in [0.15, 0.2) is 11.0 Å². The van der Waals surface area contributed by atoms with Crippen molar-refractivity contribution in [3.05, 3.63) is 64.0 Å². The van der Waals surface area contributed by atoms with Gasteiger partial charge in [-0.3, -0.25) is 4.79 Å². The number of benzene rings is 2. The number of carbonyl (C=O) groups excluding carboxylic acids is 1. The number of aryl methyl sites for hydroxylation is 5. The van der Waals surface area contributed by atoms with Crippen LogP contribution >= 0.6 is 11.8 Å². The topological polar surface area (TPSA) is 69.0 Å². The lowest BCUT2D eigenvalue weighted by molar-refractivity contribution is -0.113. The third-order valence-electron chi connectivity index (χ3n) is 4.89. The van der Waals surface area contributed by atoms with Crippen molar-refractivity contribution >= 4 is 23.4 Å². The molecule has 7 heteroatoms. The molecule has 30 heavy (non-hydrogen) atoms. The van der Waals surface area contributed by atoms with E-state index in [9.17, 15) is 4.79 Å². The maximum Gasteiger partial charge on any atom is 0.234 e. The standard InChI is InChI=1S/C23H28N4O2S/c1-14-7-8-19(16(3)9-14)29-12-20-25-26-23(27(20)6)30-13-21(28)24-22-17(4)10-15(2)11-18(22)5/h7-11H,12-13H2,1-6H3,(H,24,28). The first-order valence-corrected chi connectivity index (χ1v) is 10.8. The Kier molecular flexibility index (Phi) is 6.82. The van der Waals surface area contributed by atoms with Crippen molar-refractivity contribution in [2.45, 2.75) is 46.4 Å². The molecule has 0 fully saturated rings. The lowest BCUT2D eigenvalue weighted by Crippen LogP contribution is -2.16. The molecule has 3 rings (SSSR count). The van der Waals surface area contributed by atoms with Crippen LogP contribution in [-0.2, 0) is 18.4 Å². The molecule has 0 aliphatic carbocycles. The van der Waals surface area contributed by atoms with E-state index in [2.05, 4.69) is 47.6 Å². The summed E-state index contributed by atoms with van der Waals surface area (Å²) in [6, 6.07) is 10.2. The third-order valence-corrected chi connectivity index (χ3v) is 5.91. The van der Waals surface area contributed by atoms with E-state index < -0.39 is 0 Å². The van der Waals surface area contributed by atoms with Crippen LogP contribution < -0.4 is 10.1 Å². The van der Waals surface area contributed by atoms with Crippen LogP contribution in [0.15, 0.2) is 35.5 Å². The highest BCUT2D eigenvalue weighted by Crippen LogP contribution is 2.24. The van der Waals surface area contributed by atoms with E-state index in [0.717, 1.165) is 28.1 Å². The quantitative estimate of drug-likeness (QED) is 0.558. The summed E-state index contributed by atoms with van der Waals surface area (Å²) in [6.45, 7) is 10.5. The van der Waals surface area contributed by atoms with Gasteiger partial charge in [-0.25, -0.2) is 0 Å². The Labute approximate surface area is 182 Å². The highest BCUT2D eigenvalue weighted by molar-refractivity contribution is 7.99. The van der Waals surface area contributed by atoms with E-state index in [1.807, 2.05) is 44.5 Å². The molecular weight excluding hydrogens is 396 g/mol. The Bertz CT molecular complexity index is 1050. The van der Waals surface area contributed by atoms with E-state index in [1.54, 1.807) is 0 Å². The van der Waals surface area contributed by atoms with Crippen molar-refractivity contribution in [2.75, 3.05) is 11.1 Å². The second-order valence-corrected chi connectivity index (χ2v) is 8.57. The molecule has 0 aliphatic rings. The molecule has 0 unspecified atom stereocenters. The first kappa shape index (κ1) is 21.9. The van der Waals surface area contributed by atoms with Crippen molar-refractivity contribution in [1.82, 2.24) is 14.8 Å². The smallest absolute Gasteiger partial charge is 0.234 e. The Morgan fingerprint density at radius 1 is 1.00 bits per heavy atom. The van der Waals surface area contributed by atoms with Gasteiger partial charge in [-0.15, -0.1) is 10.2 Å². The first-order valence-electron chi connectivity index (χ1n) is 9.83. The first-order chi connectivity index (χ1) is 14.2. The molecular formula is C23H28N4O2S. The molecule has 0 spiro atoms. The van der Waals surface area contributed by atoms with Gasteiger partial charge < -0.3 is 14.6 Å². The summed E-state index contributed by atoms with van der Waals surface area (Å²) in [7, 11) is 1.88. The molecule has 6 nitrogen and oxygen atoms in total. The van der Waals surface area contributed by atoms with Crippen LogP contribution in [0.3, 0.4) is 0 Å². The molecule has 0 aliphatic heterocycles. The van der Waals surface area contributed by atoms with E-state index in [0.29, 0.717) is 17.6 Å². The van der Waals surface area contributed by atoms with Gasteiger partial charge in [0.25, 0.3) is 0 Å². The van der Waals surface area contributed by atoms with Gasteiger partial charge >= 0.3 is 0 Å². The normalized spacial score (nSPS) is 10.9. The van der Waals surface area contributed by atoms with Gasteiger partial charge in [0, 0.05) is 12.7 Å². The zero-order valence-electron chi connectivity index (χ0n) is 18.4. The molecule has 0 atom stereocenters. The zero-order chi connectivity index (χ0) is 21.8. The Hall–Kier alpha value is -2.80. The summed E-state index contributed by atoms with van der Waals surface area (Å²) < 4.78 is 7.77. The van der Waals surface area contributed by atoms with Crippen LogP contribution in [0, 0.1) is 34.6 Å². The van der Waals surface area contributed by atoms with Crippen molar-refractivity contribution in [1.29, 1.82) is 0 Å². The number of ether oxygens (including phenoxy) is 1. The fraction of sp³-hybridized carbons (Fsp3) is 0.348. The third kappa shape index (κ3) is 5.21. The monoisotopic (exact) mass is 424 g/mol. The fourth-order valence-corrected chi connectivity index (χ4v) is 4.11. The van der Waals surface area contributed by atoms with E-state index in [1.165, 1.54) is 22.9 Å². The van der Waals surface area contributed by atoms with Crippen LogP contribution in [0.5, 0.6) is 5.75 Å². The number of aromatic nitrogens is 3. The molecule has 0 bridgehead atoms. The minimum Gasteiger partial charge on any atom is -0.485 e. The van der Waals surface area contributed by atoms with E-state index in [-0.39, 0.29) is 11.7 Å². The van der Waals surface area contributed by atoms with E-state index in [4.69, 9.17) is 4.74 Å². The lowest BCUT2D eigenvalue weighted by Gasteiger charge is -2.12. The van der Waals surface area contributed by atoms with Gasteiger partial charge in [-0.2, -0.15) is 0 Å². The van der Waals surface area contributed by atoms with Gasteiger partial charge in [0.1, 0.15) is 12.4 Å². The molecule has 0 saturated carbocycles. The molecule has 0 saturated heterocycles. The van der Waals surface area contributed by atoms with Crippen molar-refractivity contribution < 1.29 is 9.53 Å². The number of anilines is 1. The second kappa shape index (κ2) is 9.34. The van der Waals surface area contributed by atoms with Crippen LogP contribution in [0.25, 0.3) is 0 Å². The summed E-state index contributed by atoms with van der Waals surface area (Å²) in [5.74, 6) is 1.74. The average Bonchev–Trinajstić information content (AvgIpc) is 3.02. The predicted molar refractivity (Wildman–Crippen MR) is 121 cm³/mol. The zero-order valence-corrected chi connectivity index (χ0v) is 19.2. The van der Waals surface area contributed by atoms with E-state index >= 15 is 0 Å². The summed E-state index contributed by atoms with van der Waals surface area (Å²) in [4.78, 5) is 12.5. The Morgan fingerprint density at radius 2 is 1.67 bits per heavy atom. The molecule has 2 aromatic carbocycles. The molecule has 158 valence electrons. The number of nitrogens with zero attached hydrogens (tertiary/aromatic N) is 3. The molecule has 1 aromatic heterocycles. The molecule has 1 N–H and O–H groups in total. The van der Waals surface area contributed by atoms with Crippen LogP contribution in [0.4, 0.5) is 5.69 Å². The van der Waals surface area contributed by atoms with Gasteiger partial charge in [0.2, 0.25) is 5.91 Å². The SMILES string of the molecule is Cc1ccc(OCc2nnc(SCC(=O)Nc3c(C)cc(C)cc3C)n2C)c(C)c1. The van der Waals surface area contributed by atoms with Gasteiger partial charge in [-0.05, 0) is 57.4 Å². The minimum absolute atomic E-state index is 0.0638. The second-order valence-electron chi connectivity index (χ2n) is 7.63. The average molecular weight is 425 g/mol. The van der Waals surface area contributed by atoms with Gasteiger partial charge in [-0.1, -0.05) is 47.2 Å². The Morgan fingerprint density at radius 3 is 2.33 bits per heavy atom. The maximum atomic E-state index is 12.5. The van der Waals surface area contributed by atoms with Crippen LogP contribution in [-0.4, -0.2) is 26.4 Å². The van der Waals surface area contributed by atoms with Gasteiger partial charge in [0.05, 0.1) is 5.75 Å². The summed E-state index contributed by atoms with van der Waals surface area (Å²) in [5.41, 5.74) is 6.49. The van der Waals surface area contributed by atoms with Crippen molar-refractivity contribution in [3.8, 4) is 5.75 Å². The lowest BCUT2D eigenvalue weighted by atomic mass is 10.1. The molecule has 3 aromatic rings. The molecule has 1 heterocycles. The van der Waals surface area contributed by atoms with Crippen LogP contribution in [0.1, 0.15) is 33.6 Å². The number of carbonyl (C=O) groups is 1. The van der Waals surface area contributed by atoms with Crippen LogP contribution in [0.2, 0.25) is 0 Å². The summed E-state index contributed by atoms with van der Waals surface area (Å²) in [6.07, 6.45) is 0. The number of nitrogens with one attached hydrogen (secondary N) is 1. The minimum atomic E-state index is -0.0638. The van der Waals surface area contributed by atoms with Crippen molar-refractivity contribution in [2.24, 2.45) is 7.05 Å². The number of rotatable bonds is 7. The molecule has 0 radical (unpaired) electrons. The van der Waals surface area contributed by atoms with Crippen molar-refractivity contribution in [3.63, 3.8) is 0 Å². The highest BCUT2D eigenvalue weighted by atomic mass is 32.2. The Balaban J connectivity index is 1.58. The number of thioether (sulfide) groups is 1. The predicted octanol–water partition coefficient (Wildman–Crippen LogP) is 4.67. The number of amides is 1. The molecule has 1 amide bonds. The number of hydrogen-bond donors (Lipinski definition) is 1. The maximum absolute atomic E-state index is 12.5. The fourth-order valence-electron chi connectivity index (χ4n) is 3.38. The summed E-state index contributed by atoms with van der Waals surface area (Å²) >= 11 is 1.36. The summed E-state index contributed by atoms with van der Waals surface area (Å²) in [5, 5.41) is 12.1. The number of hydrogen-bond acceptors (Lipinski definition) is 5. The highest BCUT2D eigenvalue weighted by Gasteiger charge is 2.14.